The quantitative estimate of drug-likeness (QED) is 0.869. The summed E-state index contributed by atoms with van der Waals surface area (Å²) in [6.45, 7) is 3.30. The van der Waals surface area contributed by atoms with Gasteiger partial charge >= 0.3 is 0 Å². The van der Waals surface area contributed by atoms with Gasteiger partial charge in [0.2, 0.25) is 0 Å². The number of hydrogen-bond acceptors (Lipinski definition) is 2. The van der Waals surface area contributed by atoms with Crippen molar-refractivity contribution in [2.24, 2.45) is 5.92 Å². The second-order valence-electron chi connectivity index (χ2n) is 6.25. The van der Waals surface area contributed by atoms with E-state index >= 15 is 0 Å². The van der Waals surface area contributed by atoms with Crippen molar-refractivity contribution in [3.8, 4) is 0 Å². The predicted octanol–water partition coefficient (Wildman–Crippen LogP) is 3.38. The highest BCUT2D eigenvalue weighted by Crippen LogP contribution is 2.40. The fourth-order valence-electron chi connectivity index (χ4n) is 3.26. The summed E-state index contributed by atoms with van der Waals surface area (Å²) in [5.41, 5.74) is 2.51. The van der Waals surface area contributed by atoms with Gasteiger partial charge in [0, 0.05) is 6.04 Å². The molecule has 104 valence electrons. The normalized spacial score (nSPS) is 29.2. The molecule has 0 amide bonds. The van der Waals surface area contributed by atoms with E-state index in [9.17, 15) is 5.11 Å². The summed E-state index contributed by atoms with van der Waals surface area (Å²) in [7, 11) is 0. The monoisotopic (exact) mass is 259 g/mol. The molecule has 3 atom stereocenters. The van der Waals surface area contributed by atoms with Crippen LogP contribution in [0.1, 0.15) is 62.2 Å². The number of aliphatic hydroxyl groups is 1. The lowest BCUT2D eigenvalue weighted by atomic mass is 9.86. The van der Waals surface area contributed by atoms with Crippen molar-refractivity contribution in [2.75, 3.05) is 6.54 Å². The number of nitrogens with one attached hydrogen (secondary N) is 1. The Labute approximate surface area is 116 Å². The molecule has 2 heteroatoms. The van der Waals surface area contributed by atoms with Crippen LogP contribution in [0.2, 0.25) is 0 Å². The molecule has 1 aromatic carbocycles. The van der Waals surface area contributed by atoms with Gasteiger partial charge in [0.25, 0.3) is 0 Å². The molecule has 0 bridgehead atoms. The maximum Gasteiger partial charge on any atom is 0.0943 e. The van der Waals surface area contributed by atoms with E-state index in [0.717, 1.165) is 30.4 Å². The van der Waals surface area contributed by atoms with Crippen LogP contribution in [0, 0.1) is 5.92 Å². The van der Waals surface area contributed by atoms with Crippen LogP contribution in [0.4, 0.5) is 0 Å². The Morgan fingerprint density at radius 1 is 1.21 bits per heavy atom. The SMILES string of the molecule is CCC1CCNC(C(O)c2ccc(C3CC3)cc2)C1. The molecule has 1 heterocycles. The van der Waals surface area contributed by atoms with Gasteiger partial charge in [-0.25, -0.2) is 0 Å². The molecular formula is C17H25NO. The van der Waals surface area contributed by atoms with E-state index in [1.54, 1.807) is 0 Å². The van der Waals surface area contributed by atoms with Gasteiger partial charge in [0.1, 0.15) is 0 Å². The van der Waals surface area contributed by atoms with Gasteiger partial charge in [0.05, 0.1) is 6.10 Å². The summed E-state index contributed by atoms with van der Waals surface area (Å²) in [5, 5.41) is 14.0. The Bertz CT molecular complexity index is 410. The molecule has 1 aliphatic carbocycles. The number of piperidine rings is 1. The van der Waals surface area contributed by atoms with Gasteiger partial charge < -0.3 is 10.4 Å². The zero-order valence-corrected chi connectivity index (χ0v) is 11.8. The van der Waals surface area contributed by atoms with Crippen LogP contribution in [0.25, 0.3) is 0 Å². The van der Waals surface area contributed by atoms with E-state index in [-0.39, 0.29) is 12.1 Å². The number of rotatable bonds is 4. The summed E-state index contributed by atoms with van der Waals surface area (Å²) in [6, 6.07) is 8.88. The van der Waals surface area contributed by atoms with Gasteiger partial charge in [-0.3, -0.25) is 0 Å². The second kappa shape index (κ2) is 5.64. The molecule has 2 N–H and O–H groups in total. The summed E-state index contributed by atoms with van der Waals surface area (Å²) in [5.74, 6) is 1.56. The van der Waals surface area contributed by atoms with Crippen molar-refractivity contribution in [1.29, 1.82) is 0 Å². The molecule has 1 saturated carbocycles. The zero-order valence-electron chi connectivity index (χ0n) is 11.8. The lowest BCUT2D eigenvalue weighted by Crippen LogP contribution is -2.42. The Hall–Kier alpha value is -0.860. The largest absolute Gasteiger partial charge is 0.387 e. The molecule has 2 nitrogen and oxygen atoms in total. The van der Waals surface area contributed by atoms with E-state index in [2.05, 4.69) is 36.5 Å². The number of hydrogen-bond donors (Lipinski definition) is 2. The van der Waals surface area contributed by atoms with Crippen molar-refractivity contribution in [1.82, 2.24) is 5.32 Å². The lowest BCUT2D eigenvalue weighted by Gasteiger charge is -2.33. The summed E-state index contributed by atoms with van der Waals surface area (Å²) >= 11 is 0. The van der Waals surface area contributed by atoms with Crippen molar-refractivity contribution < 1.29 is 5.11 Å². The van der Waals surface area contributed by atoms with E-state index in [4.69, 9.17) is 0 Å². The summed E-state index contributed by atoms with van der Waals surface area (Å²) in [4.78, 5) is 0. The average Bonchev–Trinajstić information content (AvgIpc) is 3.31. The van der Waals surface area contributed by atoms with Gasteiger partial charge in [-0.2, -0.15) is 0 Å². The molecule has 1 aromatic rings. The van der Waals surface area contributed by atoms with Crippen LogP contribution in [0.3, 0.4) is 0 Å². The van der Waals surface area contributed by atoms with E-state index in [1.807, 2.05) is 0 Å². The first-order chi connectivity index (χ1) is 9.28. The Morgan fingerprint density at radius 3 is 2.58 bits per heavy atom. The van der Waals surface area contributed by atoms with E-state index in [0.29, 0.717) is 0 Å². The second-order valence-corrected chi connectivity index (χ2v) is 6.25. The fourth-order valence-corrected chi connectivity index (χ4v) is 3.26. The number of benzene rings is 1. The minimum Gasteiger partial charge on any atom is -0.387 e. The smallest absolute Gasteiger partial charge is 0.0943 e. The number of aliphatic hydroxyl groups excluding tert-OH is 1. The van der Waals surface area contributed by atoms with Crippen LogP contribution in [0.15, 0.2) is 24.3 Å². The molecule has 2 fully saturated rings. The standard InChI is InChI=1S/C17H25NO/c1-2-12-9-10-18-16(11-12)17(19)15-7-5-14(6-8-15)13-3-4-13/h5-8,12-13,16-19H,2-4,9-11H2,1H3. The van der Waals surface area contributed by atoms with Crippen molar-refractivity contribution in [3.05, 3.63) is 35.4 Å². The van der Waals surface area contributed by atoms with Gasteiger partial charge in [-0.05, 0) is 55.2 Å². The molecule has 1 aliphatic heterocycles. The average molecular weight is 259 g/mol. The van der Waals surface area contributed by atoms with Gasteiger partial charge in [-0.15, -0.1) is 0 Å². The molecule has 0 spiro atoms. The lowest BCUT2D eigenvalue weighted by molar-refractivity contribution is 0.0979. The van der Waals surface area contributed by atoms with Crippen molar-refractivity contribution in [3.63, 3.8) is 0 Å². The van der Waals surface area contributed by atoms with Crippen molar-refractivity contribution in [2.45, 2.75) is 57.1 Å². The first kappa shape index (κ1) is 13.1. The first-order valence-electron chi connectivity index (χ1n) is 7.79. The highest BCUT2D eigenvalue weighted by atomic mass is 16.3. The summed E-state index contributed by atoms with van der Waals surface area (Å²) < 4.78 is 0. The maximum absolute atomic E-state index is 10.5. The maximum atomic E-state index is 10.5. The minimum atomic E-state index is -0.359. The van der Waals surface area contributed by atoms with Crippen LogP contribution in [-0.2, 0) is 0 Å². The van der Waals surface area contributed by atoms with Crippen LogP contribution < -0.4 is 5.32 Å². The Balaban J connectivity index is 1.66. The van der Waals surface area contributed by atoms with Crippen LogP contribution in [-0.4, -0.2) is 17.7 Å². The van der Waals surface area contributed by atoms with Gasteiger partial charge in [0.15, 0.2) is 0 Å². The molecule has 0 aromatic heterocycles. The first-order valence-corrected chi connectivity index (χ1v) is 7.79. The molecule has 3 unspecified atom stereocenters. The Kier molecular flexibility index (Phi) is 3.90. The zero-order chi connectivity index (χ0) is 13.2. The molecular weight excluding hydrogens is 234 g/mol. The third-order valence-corrected chi connectivity index (χ3v) is 4.83. The Morgan fingerprint density at radius 2 is 1.95 bits per heavy atom. The molecule has 3 rings (SSSR count). The predicted molar refractivity (Wildman–Crippen MR) is 78.2 cm³/mol. The topological polar surface area (TPSA) is 32.3 Å². The minimum absolute atomic E-state index is 0.227. The molecule has 0 radical (unpaired) electrons. The van der Waals surface area contributed by atoms with Gasteiger partial charge in [-0.1, -0.05) is 37.6 Å². The highest BCUT2D eigenvalue weighted by molar-refractivity contribution is 5.29. The van der Waals surface area contributed by atoms with Crippen LogP contribution in [0.5, 0.6) is 0 Å². The molecule has 1 saturated heterocycles. The summed E-state index contributed by atoms with van der Waals surface area (Å²) in [6.07, 6.45) is 5.89. The third kappa shape index (κ3) is 3.01. The third-order valence-electron chi connectivity index (χ3n) is 4.83. The van der Waals surface area contributed by atoms with Crippen molar-refractivity contribution >= 4 is 0 Å². The van der Waals surface area contributed by atoms with E-state index in [1.165, 1.54) is 31.2 Å². The molecule has 19 heavy (non-hydrogen) atoms. The van der Waals surface area contributed by atoms with E-state index < -0.39 is 0 Å². The van der Waals surface area contributed by atoms with Crippen LogP contribution >= 0.6 is 0 Å². The highest BCUT2D eigenvalue weighted by Gasteiger charge is 2.28. The fraction of sp³-hybridized carbons (Fsp3) is 0.647. The molecule has 2 aliphatic rings.